The monoisotopic (exact) mass is 337 g/mol. The van der Waals surface area contributed by atoms with Crippen molar-refractivity contribution < 1.29 is 13.9 Å². The van der Waals surface area contributed by atoms with Gasteiger partial charge in [0.25, 0.3) is 0 Å². The number of amides is 1. The number of carbonyl (C=O) groups is 1. The zero-order chi connectivity index (χ0) is 17.8. The summed E-state index contributed by atoms with van der Waals surface area (Å²) in [5, 5.41) is 5.11. The molecule has 0 fully saturated rings. The van der Waals surface area contributed by atoms with Gasteiger partial charge in [-0.15, -0.1) is 0 Å². The van der Waals surface area contributed by atoms with Crippen molar-refractivity contribution in [1.29, 1.82) is 0 Å². The van der Waals surface area contributed by atoms with Gasteiger partial charge in [-0.1, -0.05) is 48.5 Å². The molecule has 128 valence electrons. The lowest BCUT2D eigenvalue weighted by Gasteiger charge is -2.16. The van der Waals surface area contributed by atoms with Crippen molar-refractivity contribution in [2.75, 3.05) is 7.11 Å². The van der Waals surface area contributed by atoms with Crippen LogP contribution in [0, 0.1) is 5.82 Å². The Morgan fingerprint density at radius 2 is 1.88 bits per heavy atom. The van der Waals surface area contributed by atoms with Gasteiger partial charge in [0.2, 0.25) is 5.91 Å². The van der Waals surface area contributed by atoms with Gasteiger partial charge in [-0.2, -0.15) is 0 Å². The standard InChI is InChI=1S/C21H20FNO2/c1-14(16-10-11-20(25-2)19(22)12-16)23-21(24)13-17-8-5-7-15-6-3-4-9-18(15)17/h3-12,14H,13H2,1-2H3,(H,23,24). The molecule has 1 unspecified atom stereocenters. The van der Waals surface area contributed by atoms with E-state index in [2.05, 4.69) is 5.32 Å². The van der Waals surface area contributed by atoms with Gasteiger partial charge in [-0.25, -0.2) is 4.39 Å². The summed E-state index contributed by atoms with van der Waals surface area (Å²) < 4.78 is 18.8. The first-order valence-corrected chi connectivity index (χ1v) is 8.18. The number of hydrogen-bond acceptors (Lipinski definition) is 2. The molecule has 0 aliphatic rings. The predicted octanol–water partition coefficient (Wildman–Crippen LogP) is 4.41. The molecule has 0 saturated carbocycles. The van der Waals surface area contributed by atoms with Gasteiger partial charge in [-0.3, -0.25) is 4.79 Å². The van der Waals surface area contributed by atoms with E-state index in [1.807, 2.05) is 49.4 Å². The molecule has 0 heterocycles. The number of ether oxygens (including phenoxy) is 1. The quantitative estimate of drug-likeness (QED) is 0.749. The van der Waals surface area contributed by atoms with Gasteiger partial charge in [-0.05, 0) is 41.0 Å². The molecule has 1 atom stereocenters. The average Bonchev–Trinajstić information content (AvgIpc) is 2.62. The molecule has 3 aromatic rings. The van der Waals surface area contributed by atoms with Crippen LogP contribution in [0.4, 0.5) is 4.39 Å². The van der Waals surface area contributed by atoms with Crippen LogP contribution in [0.1, 0.15) is 24.1 Å². The lowest BCUT2D eigenvalue weighted by molar-refractivity contribution is -0.121. The van der Waals surface area contributed by atoms with Crippen LogP contribution in [0.2, 0.25) is 0 Å². The first-order valence-electron chi connectivity index (χ1n) is 8.18. The summed E-state index contributed by atoms with van der Waals surface area (Å²) in [5.74, 6) is -0.340. The third kappa shape index (κ3) is 3.79. The second-order valence-corrected chi connectivity index (χ2v) is 6.00. The first kappa shape index (κ1) is 17.0. The number of halogens is 1. The Hall–Kier alpha value is -2.88. The van der Waals surface area contributed by atoms with Gasteiger partial charge < -0.3 is 10.1 Å². The van der Waals surface area contributed by atoms with E-state index in [0.717, 1.165) is 16.3 Å². The topological polar surface area (TPSA) is 38.3 Å². The number of hydrogen-bond donors (Lipinski definition) is 1. The smallest absolute Gasteiger partial charge is 0.224 e. The molecule has 0 aliphatic heterocycles. The van der Waals surface area contributed by atoms with Crippen LogP contribution in [0.15, 0.2) is 60.7 Å². The number of methoxy groups -OCH3 is 1. The summed E-state index contributed by atoms with van der Waals surface area (Å²) in [6, 6.07) is 18.3. The zero-order valence-corrected chi connectivity index (χ0v) is 14.3. The number of fused-ring (bicyclic) bond motifs is 1. The van der Waals surface area contributed by atoms with Crippen molar-refractivity contribution in [3.05, 3.63) is 77.6 Å². The summed E-state index contributed by atoms with van der Waals surface area (Å²) >= 11 is 0. The number of benzene rings is 3. The van der Waals surface area contributed by atoms with Crippen LogP contribution >= 0.6 is 0 Å². The fourth-order valence-corrected chi connectivity index (χ4v) is 2.95. The van der Waals surface area contributed by atoms with E-state index in [4.69, 9.17) is 4.74 Å². The van der Waals surface area contributed by atoms with E-state index in [0.29, 0.717) is 5.56 Å². The molecule has 0 bridgehead atoms. The highest BCUT2D eigenvalue weighted by Crippen LogP contribution is 2.22. The Bertz CT molecular complexity index is 902. The Kier molecular flexibility index (Phi) is 4.98. The Balaban J connectivity index is 1.72. The minimum atomic E-state index is -0.435. The SMILES string of the molecule is COc1ccc(C(C)NC(=O)Cc2cccc3ccccc23)cc1F. The van der Waals surface area contributed by atoms with Gasteiger partial charge in [0.05, 0.1) is 19.6 Å². The van der Waals surface area contributed by atoms with E-state index in [1.165, 1.54) is 13.2 Å². The summed E-state index contributed by atoms with van der Waals surface area (Å²) in [5.41, 5.74) is 1.67. The normalized spacial score (nSPS) is 12.0. The van der Waals surface area contributed by atoms with E-state index in [9.17, 15) is 9.18 Å². The first-order chi connectivity index (χ1) is 12.1. The molecule has 0 aliphatic carbocycles. The highest BCUT2D eigenvalue weighted by molar-refractivity contribution is 5.90. The maximum Gasteiger partial charge on any atom is 0.224 e. The minimum absolute atomic E-state index is 0.0971. The van der Waals surface area contributed by atoms with Crippen molar-refractivity contribution in [2.24, 2.45) is 0 Å². The predicted molar refractivity (Wildman–Crippen MR) is 97.2 cm³/mol. The van der Waals surface area contributed by atoms with Crippen molar-refractivity contribution in [1.82, 2.24) is 5.32 Å². The second kappa shape index (κ2) is 7.34. The second-order valence-electron chi connectivity index (χ2n) is 6.00. The molecule has 25 heavy (non-hydrogen) atoms. The van der Waals surface area contributed by atoms with Crippen LogP contribution in [-0.4, -0.2) is 13.0 Å². The van der Waals surface area contributed by atoms with Crippen LogP contribution in [0.25, 0.3) is 10.8 Å². The highest BCUT2D eigenvalue weighted by Gasteiger charge is 2.13. The molecular weight excluding hydrogens is 317 g/mol. The fraction of sp³-hybridized carbons (Fsp3) is 0.190. The van der Waals surface area contributed by atoms with E-state index >= 15 is 0 Å². The fourth-order valence-electron chi connectivity index (χ4n) is 2.95. The third-order valence-corrected chi connectivity index (χ3v) is 4.28. The Morgan fingerprint density at radius 3 is 2.64 bits per heavy atom. The van der Waals surface area contributed by atoms with Crippen LogP contribution in [-0.2, 0) is 11.2 Å². The van der Waals surface area contributed by atoms with Crippen molar-refractivity contribution in [3.63, 3.8) is 0 Å². The maximum atomic E-state index is 13.8. The molecule has 0 aromatic heterocycles. The Labute approximate surface area is 146 Å². The molecule has 3 nitrogen and oxygen atoms in total. The van der Waals surface area contributed by atoms with E-state index in [-0.39, 0.29) is 24.1 Å². The highest BCUT2D eigenvalue weighted by atomic mass is 19.1. The molecule has 4 heteroatoms. The summed E-state index contributed by atoms with van der Waals surface area (Å²) in [7, 11) is 1.42. The molecular formula is C21H20FNO2. The van der Waals surface area contributed by atoms with Gasteiger partial charge in [0.1, 0.15) is 0 Å². The zero-order valence-electron chi connectivity index (χ0n) is 14.3. The van der Waals surface area contributed by atoms with Crippen molar-refractivity contribution >= 4 is 16.7 Å². The molecule has 3 rings (SSSR count). The molecule has 0 saturated heterocycles. The molecule has 3 aromatic carbocycles. The number of carbonyl (C=O) groups excluding carboxylic acids is 1. The lowest BCUT2D eigenvalue weighted by Crippen LogP contribution is -2.28. The maximum absolute atomic E-state index is 13.8. The largest absolute Gasteiger partial charge is 0.494 e. The number of rotatable bonds is 5. The van der Waals surface area contributed by atoms with Crippen LogP contribution in [0.5, 0.6) is 5.75 Å². The molecule has 0 spiro atoms. The van der Waals surface area contributed by atoms with Crippen LogP contribution < -0.4 is 10.1 Å². The third-order valence-electron chi connectivity index (χ3n) is 4.28. The number of nitrogens with one attached hydrogen (secondary N) is 1. The molecule has 1 amide bonds. The summed E-state index contributed by atoms with van der Waals surface area (Å²) in [6.45, 7) is 1.84. The van der Waals surface area contributed by atoms with Crippen LogP contribution in [0.3, 0.4) is 0 Å². The van der Waals surface area contributed by atoms with E-state index in [1.54, 1.807) is 12.1 Å². The summed E-state index contributed by atoms with van der Waals surface area (Å²) in [4.78, 5) is 12.4. The van der Waals surface area contributed by atoms with E-state index < -0.39 is 5.82 Å². The van der Waals surface area contributed by atoms with Gasteiger partial charge in [0, 0.05) is 0 Å². The Morgan fingerprint density at radius 1 is 1.12 bits per heavy atom. The van der Waals surface area contributed by atoms with Gasteiger partial charge >= 0.3 is 0 Å². The summed E-state index contributed by atoms with van der Waals surface area (Å²) in [6.07, 6.45) is 0.282. The lowest BCUT2D eigenvalue weighted by atomic mass is 10.0. The van der Waals surface area contributed by atoms with Crippen molar-refractivity contribution in [3.8, 4) is 5.75 Å². The van der Waals surface area contributed by atoms with Gasteiger partial charge in [0.15, 0.2) is 11.6 Å². The van der Waals surface area contributed by atoms with Crippen molar-refractivity contribution in [2.45, 2.75) is 19.4 Å². The molecule has 1 N–H and O–H groups in total. The minimum Gasteiger partial charge on any atom is -0.494 e. The average molecular weight is 337 g/mol. The molecule has 0 radical (unpaired) electrons.